The number of allylic oxidation sites excluding steroid dienone is 2. The molecule has 4 heterocycles. The Morgan fingerprint density at radius 3 is 1.75 bits per heavy atom. The predicted molar refractivity (Wildman–Crippen MR) is 250 cm³/mol. The Labute approximate surface area is 347 Å². The Balaban J connectivity index is 1.10. The molecule has 0 saturated carbocycles. The van der Waals surface area contributed by atoms with Crippen molar-refractivity contribution < 1.29 is 0 Å². The molecule has 2 atom stereocenters. The minimum Gasteiger partial charge on any atom is -0.332 e. The molecular weight excluding hydrogens is 757 g/mol. The molecule has 11 aromatic rings. The van der Waals surface area contributed by atoms with E-state index in [1.165, 1.54) is 68.1 Å². The first-order chi connectivity index (χ1) is 29.3. The van der Waals surface area contributed by atoms with E-state index in [-0.39, 0.29) is 12.0 Å². The standard InChI is InChI=1S/C53H32N4S2/c1-3-15-31(16-4-1)51-54-52(32-17-5-2-6-18-32)56-53(55-51)35-27-29-41(34-20-8-7-19-33(34)35)57-40-24-12-9-21-36(40)48-49(57)39-28-30-44-45(37-22-10-13-25-42(37)58-44)46(39)47-38-23-11-14-26-43(38)59-50(47)48/h1-30,36,40H. The van der Waals surface area contributed by atoms with E-state index < -0.39 is 0 Å². The molecular formula is C53H32N4S2. The Morgan fingerprint density at radius 1 is 0.424 bits per heavy atom. The molecule has 0 fully saturated rings. The molecule has 0 saturated heterocycles. The molecule has 0 bridgehead atoms. The van der Waals surface area contributed by atoms with Crippen LogP contribution in [0, 0.1) is 0 Å². The van der Waals surface area contributed by atoms with E-state index in [0.717, 1.165) is 27.5 Å². The summed E-state index contributed by atoms with van der Waals surface area (Å²) in [5.41, 5.74) is 6.79. The number of hydrogen-bond donors (Lipinski definition) is 0. The summed E-state index contributed by atoms with van der Waals surface area (Å²) in [6, 6.07) is 56.6. The lowest BCUT2D eigenvalue weighted by atomic mass is 9.88. The second-order valence-electron chi connectivity index (χ2n) is 15.4. The number of aromatic nitrogens is 3. The molecule has 0 N–H and O–H groups in total. The number of hydrogen-bond acceptors (Lipinski definition) is 6. The van der Waals surface area contributed by atoms with Crippen molar-refractivity contribution in [2.75, 3.05) is 4.90 Å². The summed E-state index contributed by atoms with van der Waals surface area (Å²) in [5.74, 6) is 2.16. The fraction of sp³-hybridized carbons (Fsp3) is 0.0377. The molecule has 13 rings (SSSR count). The molecule has 8 aromatic carbocycles. The van der Waals surface area contributed by atoms with Crippen LogP contribution < -0.4 is 4.90 Å². The Hall–Kier alpha value is -6.99. The Kier molecular flexibility index (Phi) is 7.14. The number of rotatable bonds is 4. The van der Waals surface area contributed by atoms with Gasteiger partial charge in [0.15, 0.2) is 17.5 Å². The first-order valence-corrected chi connectivity index (χ1v) is 21.7. The van der Waals surface area contributed by atoms with E-state index in [9.17, 15) is 0 Å². The van der Waals surface area contributed by atoms with Crippen LogP contribution in [0.15, 0.2) is 182 Å². The van der Waals surface area contributed by atoms with Gasteiger partial charge >= 0.3 is 0 Å². The lowest BCUT2D eigenvalue weighted by Gasteiger charge is -2.30. The largest absolute Gasteiger partial charge is 0.332 e. The third kappa shape index (κ3) is 4.85. The van der Waals surface area contributed by atoms with E-state index in [1.54, 1.807) is 0 Å². The number of nitrogens with zero attached hydrogens (tertiary/aromatic N) is 4. The molecule has 0 spiro atoms. The summed E-state index contributed by atoms with van der Waals surface area (Å²) >= 11 is 3.85. The van der Waals surface area contributed by atoms with Crippen LogP contribution in [0.3, 0.4) is 0 Å². The van der Waals surface area contributed by atoms with Crippen molar-refractivity contribution in [1.82, 2.24) is 15.0 Å². The molecule has 0 amide bonds. The molecule has 2 aliphatic rings. The van der Waals surface area contributed by atoms with Crippen LogP contribution in [0.4, 0.5) is 11.4 Å². The second-order valence-corrected chi connectivity index (χ2v) is 17.5. The highest BCUT2D eigenvalue weighted by atomic mass is 32.1. The van der Waals surface area contributed by atoms with Crippen molar-refractivity contribution in [1.29, 1.82) is 0 Å². The quantitative estimate of drug-likeness (QED) is 0.178. The SMILES string of the molecule is C1=CC2c3c(c4ccc5sc6ccccc6c5c4c4c3sc3ccccc34)N(c3ccc(-c4nc(-c5ccccc5)nc(-c5ccccc5)n4)c4ccccc34)C2C=C1. The van der Waals surface area contributed by atoms with Gasteiger partial charge in [0.1, 0.15) is 0 Å². The van der Waals surface area contributed by atoms with Crippen LogP contribution in [0.2, 0.25) is 0 Å². The zero-order chi connectivity index (χ0) is 38.6. The van der Waals surface area contributed by atoms with Gasteiger partial charge in [0.2, 0.25) is 0 Å². The lowest BCUT2D eigenvalue weighted by Crippen LogP contribution is -2.28. The first kappa shape index (κ1) is 33.0. The highest BCUT2D eigenvalue weighted by Gasteiger charge is 2.42. The topological polar surface area (TPSA) is 41.9 Å². The van der Waals surface area contributed by atoms with Crippen molar-refractivity contribution in [2.24, 2.45) is 0 Å². The summed E-state index contributed by atoms with van der Waals surface area (Å²) in [6.45, 7) is 0. The maximum absolute atomic E-state index is 5.17. The summed E-state index contributed by atoms with van der Waals surface area (Å²) in [5, 5.41) is 10.3. The lowest BCUT2D eigenvalue weighted by molar-refractivity contribution is 0.749. The number of anilines is 2. The monoisotopic (exact) mass is 788 g/mol. The number of fused-ring (bicyclic) bond motifs is 15. The van der Waals surface area contributed by atoms with E-state index >= 15 is 0 Å². The summed E-state index contributed by atoms with van der Waals surface area (Å²) < 4.78 is 5.37. The number of benzene rings is 8. The third-order valence-electron chi connectivity index (χ3n) is 12.2. The van der Waals surface area contributed by atoms with Gasteiger partial charge in [-0.2, -0.15) is 0 Å². The van der Waals surface area contributed by atoms with Crippen molar-refractivity contribution in [3.8, 4) is 34.2 Å². The molecule has 59 heavy (non-hydrogen) atoms. The Morgan fingerprint density at radius 2 is 1.02 bits per heavy atom. The van der Waals surface area contributed by atoms with Crippen LogP contribution >= 0.6 is 22.7 Å². The van der Waals surface area contributed by atoms with E-state index in [2.05, 4.69) is 151 Å². The van der Waals surface area contributed by atoms with Crippen molar-refractivity contribution in [3.63, 3.8) is 0 Å². The van der Waals surface area contributed by atoms with E-state index in [1.807, 2.05) is 59.1 Å². The molecule has 6 heteroatoms. The minimum atomic E-state index is 0.102. The fourth-order valence-corrected chi connectivity index (χ4v) is 12.2. The van der Waals surface area contributed by atoms with Crippen LogP contribution in [0.25, 0.3) is 96.1 Å². The van der Waals surface area contributed by atoms with Gasteiger partial charge in [-0.05, 0) is 35.7 Å². The normalized spacial score (nSPS) is 16.0. The molecule has 1 aliphatic heterocycles. The summed E-state index contributed by atoms with van der Waals surface area (Å²) in [6.07, 6.45) is 9.30. The van der Waals surface area contributed by atoms with Crippen LogP contribution in [0.5, 0.6) is 0 Å². The van der Waals surface area contributed by atoms with Crippen LogP contribution in [0.1, 0.15) is 11.5 Å². The average molecular weight is 789 g/mol. The third-order valence-corrected chi connectivity index (χ3v) is 14.6. The molecule has 0 radical (unpaired) electrons. The molecule has 3 aromatic heterocycles. The van der Waals surface area contributed by atoms with Crippen LogP contribution in [-0.4, -0.2) is 21.0 Å². The van der Waals surface area contributed by atoms with Gasteiger partial charge in [0.25, 0.3) is 0 Å². The van der Waals surface area contributed by atoms with Crippen molar-refractivity contribution >= 4 is 95.9 Å². The van der Waals surface area contributed by atoms with Gasteiger partial charge in [-0.25, -0.2) is 15.0 Å². The average Bonchev–Trinajstić information content (AvgIpc) is 3.99. The van der Waals surface area contributed by atoms with E-state index in [4.69, 9.17) is 15.0 Å². The number of thiophene rings is 2. The van der Waals surface area contributed by atoms with Gasteiger partial charge in [-0.15, -0.1) is 22.7 Å². The highest BCUT2D eigenvalue weighted by Crippen LogP contribution is 2.59. The molecule has 2 unspecified atom stereocenters. The second kappa shape index (κ2) is 12.8. The van der Waals surface area contributed by atoms with Gasteiger partial charge in [-0.1, -0.05) is 152 Å². The summed E-state index contributed by atoms with van der Waals surface area (Å²) in [7, 11) is 0. The van der Waals surface area contributed by atoms with E-state index in [0.29, 0.717) is 17.5 Å². The minimum absolute atomic E-state index is 0.102. The highest BCUT2D eigenvalue weighted by molar-refractivity contribution is 7.27. The zero-order valence-corrected chi connectivity index (χ0v) is 33.2. The maximum Gasteiger partial charge on any atom is 0.164 e. The zero-order valence-electron chi connectivity index (χ0n) is 31.6. The molecule has 276 valence electrons. The maximum atomic E-state index is 5.17. The van der Waals surface area contributed by atoms with Gasteiger partial charge in [0, 0.05) is 90.4 Å². The van der Waals surface area contributed by atoms with Crippen LogP contribution in [-0.2, 0) is 0 Å². The summed E-state index contributed by atoms with van der Waals surface area (Å²) in [4.78, 5) is 18.0. The Bertz CT molecular complexity index is 3530. The smallest absolute Gasteiger partial charge is 0.164 e. The van der Waals surface area contributed by atoms with Gasteiger partial charge < -0.3 is 4.90 Å². The predicted octanol–water partition coefficient (Wildman–Crippen LogP) is 14.6. The fourth-order valence-electron chi connectivity index (χ4n) is 9.73. The van der Waals surface area contributed by atoms with Gasteiger partial charge in [0.05, 0.1) is 11.7 Å². The van der Waals surface area contributed by atoms with Crippen molar-refractivity contribution in [3.05, 3.63) is 188 Å². The first-order valence-electron chi connectivity index (χ1n) is 20.0. The molecule has 1 aliphatic carbocycles. The van der Waals surface area contributed by atoms with Crippen molar-refractivity contribution in [2.45, 2.75) is 12.0 Å². The van der Waals surface area contributed by atoms with Gasteiger partial charge in [-0.3, -0.25) is 0 Å². The molecule has 4 nitrogen and oxygen atoms in total.